The zero-order chi connectivity index (χ0) is 16.3. The first-order chi connectivity index (χ1) is 10.5. The van der Waals surface area contributed by atoms with Crippen LogP contribution in [0.2, 0.25) is 0 Å². The van der Waals surface area contributed by atoms with Crippen LogP contribution in [0, 0.1) is 17.9 Å². The maximum Gasteiger partial charge on any atom is 0.350 e. The molecule has 0 aliphatic rings. The Morgan fingerprint density at radius 1 is 1.14 bits per heavy atom. The predicted molar refractivity (Wildman–Crippen MR) is 82.0 cm³/mol. The summed E-state index contributed by atoms with van der Waals surface area (Å²) in [5.41, 5.74) is -0.158. The molecule has 0 spiro atoms. The molecule has 6 nitrogen and oxygen atoms in total. The Morgan fingerprint density at radius 3 is 2.18 bits per heavy atom. The number of rotatable bonds is 2. The fourth-order valence-corrected chi connectivity index (χ4v) is 4.03. The van der Waals surface area contributed by atoms with E-state index in [0.717, 1.165) is 9.40 Å². The number of hydrogen-bond acceptors (Lipinski definition) is 7. The summed E-state index contributed by atoms with van der Waals surface area (Å²) >= 11 is 2.45. The van der Waals surface area contributed by atoms with Crippen molar-refractivity contribution in [3.05, 3.63) is 32.6 Å². The van der Waals surface area contributed by atoms with Crippen molar-refractivity contribution in [2.24, 2.45) is 0 Å². The molecule has 2 heterocycles. The molecule has 0 unspecified atom stereocenters. The lowest BCUT2D eigenvalue weighted by Gasteiger charge is -1.93. The van der Waals surface area contributed by atoms with E-state index in [-0.39, 0.29) is 11.3 Å². The molecule has 0 fully saturated rings. The van der Waals surface area contributed by atoms with Gasteiger partial charge in [0, 0.05) is 13.9 Å². The van der Waals surface area contributed by atoms with Gasteiger partial charge >= 0.3 is 11.9 Å². The third-order valence-corrected chi connectivity index (χ3v) is 5.00. The van der Waals surface area contributed by atoms with Gasteiger partial charge in [0.15, 0.2) is 5.57 Å². The number of carbonyl (C=O) groups excluding carboxylic acids is 2. The van der Waals surface area contributed by atoms with Gasteiger partial charge in [-0.1, -0.05) is 0 Å². The van der Waals surface area contributed by atoms with E-state index in [2.05, 4.69) is 14.3 Å². The van der Waals surface area contributed by atoms with Crippen molar-refractivity contribution in [3.63, 3.8) is 0 Å². The number of carbonyl (C=O) groups is 2. The summed E-state index contributed by atoms with van der Waals surface area (Å²) in [5.74, 6) is -1.39. The molecule has 0 aliphatic heterocycles. The first-order valence-electron chi connectivity index (χ1n) is 5.78. The SMILES string of the molecule is [C-]#[N+]/C(C(=O)OC)=c1\cc2s/c(=C(/C#N)C(=O)OC)cc2s1. The normalized spacial score (nSPS) is 12.9. The Bertz CT molecular complexity index is 856. The van der Waals surface area contributed by atoms with Gasteiger partial charge in [0.2, 0.25) is 0 Å². The minimum atomic E-state index is -0.695. The average Bonchev–Trinajstić information content (AvgIpc) is 3.07. The fourth-order valence-electron chi connectivity index (χ4n) is 1.68. The van der Waals surface area contributed by atoms with Gasteiger partial charge < -0.3 is 9.47 Å². The van der Waals surface area contributed by atoms with E-state index in [1.54, 1.807) is 12.1 Å². The molecule has 8 heteroatoms. The number of thiophene rings is 2. The highest BCUT2D eigenvalue weighted by atomic mass is 32.1. The first-order valence-corrected chi connectivity index (χ1v) is 7.41. The molecule has 0 amide bonds. The number of nitriles is 1. The molecule has 0 atom stereocenters. The molecule has 0 aromatic carbocycles. The number of nitrogens with zero attached hydrogens (tertiary/aromatic N) is 2. The Labute approximate surface area is 132 Å². The fraction of sp³-hybridized carbons (Fsp3) is 0.143. The third kappa shape index (κ3) is 2.70. The minimum Gasteiger partial charge on any atom is -0.474 e. The third-order valence-electron chi connectivity index (χ3n) is 2.68. The van der Waals surface area contributed by atoms with E-state index < -0.39 is 11.9 Å². The molecule has 0 bridgehead atoms. The van der Waals surface area contributed by atoms with Crippen LogP contribution in [0.5, 0.6) is 0 Å². The highest BCUT2D eigenvalue weighted by Crippen LogP contribution is 2.21. The van der Waals surface area contributed by atoms with Gasteiger partial charge in [-0.25, -0.2) is 9.64 Å². The summed E-state index contributed by atoms with van der Waals surface area (Å²) in [6.07, 6.45) is 0. The predicted octanol–water partition coefficient (Wildman–Crippen LogP) is 1.01. The van der Waals surface area contributed by atoms with Crippen molar-refractivity contribution < 1.29 is 19.1 Å². The summed E-state index contributed by atoms with van der Waals surface area (Å²) in [5, 5.41) is 9.05. The van der Waals surface area contributed by atoms with E-state index in [4.69, 9.17) is 11.8 Å². The summed E-state index contributed by atoms with van der Waals surface area (Å²) in [6, 6.07) is 5.17. The zero-order valence-corrected chi connectivity index (χ0v) is 13.1. The van der Waals surface area contributed by atoms with Crippen LogP contribution < -0.4 is 9.06 Å². The first kappa shape index (κ1) is 15.7. The smallest absolute Gasteiger partial charge is 0.350 e. The molecule has 0 radical (unpaired) electrons. The van der Waals surface area contributed by atoms with Gasteiger partial charge in [0.1, 0.15) is 6.07 Å². The van der Waals surface area contributed by atoms with Crippen molar-refractivity contribution in [2.45, 2.75) is 0 Å². The van der Waals surface area contributed by atoms with E-state index in [9.17, 15) is 9.59 Å². The Morgan fingerprint density at radius 2 is 1.68 bits per heavy atom. The van der Waals surface area contributed by atoms with Gasteiger partial charge in [-0.15, -0.1) is 22.7 Å². The summed E-state index contributed by atoms with van der Waals surface area (Å²) < 4.78 is 11.7. The van der Waals surface area contributed by atoms with Crippen LogP contribution in [0.15, 0.2) is 12.1 Å². The van der Waals surface area contributed by atoms with Crippen LogP contribution in [0.25, 0.3) is 25.5 Å². The van der Waals surface area contributed by atoms with Crippen LogP contribution in [-0.2, 0) is 19.1 Å². The zero-order valence-electron chi connectivity index (χ0n) is 11.5. The minimum absolute atomic E-state index is 0.0696. The van der Waals surface area contributed by atoms with E-state index in [0.29, 0.717) is 9.06 Å². The van der Waals surface area contributed by atoms with Crippen LogP contribution >= 0.6 is 22.7 Å². The second kappa shape index (κ2) is 6.39. The highest BCUT2D eigenvalue weighted by molar-refractivity contribution is 7.26. The van der Waals surface area contributed by atoms with Crippen molar-refractivity contribution in [1.82, 2.24) is 0 Å². The van der Waals surface area contributed by atoms with Crippen LogP contribution in [-0.4, -0.2) is 26.2 Å². The molecular formula is C14H8N2O4S2. The van der Waals surface area contributed by atoms with Crippen molar-refractivity contribution in [1.29, 1.82) is 5.26 Å². The van der Waals surface area contributed by atoms with Gasteiger partial charge in [-0.05, 0) is 12.1 Å². The second-order valence-electron chi connectivity index (χ2n) is 3.88. The van der Waals surface area contributed by atoms with E-state index in [1.807, 2.05) is 6.07 Å². The van der Waals surface area contributed by atoms with Crippen LogP contribution in [0.4, 0.5) is 0 Å². The van der Waals surface area contributed by atoms with Crippen LogP contribution in [0.1, 0.15) is 0 Å². The summed E-state index contributed by atoms with van der Waals surface area (Å²) in [4.78, 5) is 26.2. The van der Waals surface area contributed by atoms with Gasteiger partial charge in [-0.3, -0.25) is 4.79 Å². The lowest BCUT2D eigenvalue weighted by molar-refractivity contribution is -0.134. The summed E-state index contributed by atoms with van der Waals surface area (Å²) in [7, 11) is 2.42. The Hall–Kier alpha value is -2.68. The average molecular weight is 332 g/mol. The van der Waals surface area contributed by atoms with Gasteiger partial charge in [0.05, 0.1) is 25.3 Å². The number of hydrogen-bond donors (Lipinski definition) is 0. The van der Waals surface area contributed by atoms with Crippen molar-refractivity contribution in [3.8, 4) is 6.07 Å². The Kier molecular flexibility index (Phi) is 4.56. The lowest BCUT2D eigenvalue weighted by atomic mass is 10.3. The molecular weight excluding hydrogens is 324 g/mol. The number of fused-ring (bicyclic) bond motifs is 1. The molecule has 110 valence electrons. The highest BCUT2D eigenvalue weighted by Gasteiger charge is 2.15. The van der Waals surface area contributed by atoms with Crippen molar-refractivity contribution >= 4 is 55.3 Å². The second-order valence-corrected chi connectivity index (χ2v) is 6.05. The number of ether oxygens (including phenoxy) is 2. The largest absolute Gasteiger partial charge is 0.474 e. The lowest BCUT2D eigenvalue weighted by Crippen LogP contribution is -2.10. The maximum atomic E-state index is 11.5. The molecule has 2 rings (SSSR count). The number of methoxy groups -OCH3 is 2. The molecule has 0 aliphatic carbocycles. The molecule has 2 aromatic heterocycles. The maximum absolute atomic E-state index is 11.5. The standard InChI is InChI=1S/C14H8N2O4S2/c1-16-12(14(18)20-3)11-5-10-9(22-11)4-8(21-10)7(6-15)13(17)19-2/h4-5H,2-3H3/b8-7-,12-11+. The molecule has 2 aromatic rings. The number of esters is 2. The molecule has 0 N–H and O–H groups in total. The Balaban J connectivity index is 2.71. The van der Waals surface area contributed by atoms with E-state index >= 15 is 0 Å². The summed E-state index contributed by atoms with van der Waals surface area (Å²) in [6.45, 7) is 7.07. The molecule has 0 saturated heterocycles. The molecule has 0 saturated carbocycles. The van der Waals surface area contributed by atoms with Crippen LogP contribution in [0.3, 0.4) is 0 Å². The van der Waals surface area contributed by atoms with Crippen molar-refractivity contribution in [2.75, 3.05) is 14.2 Å². The quantitative estimate of drug-likeness (QED) is 0.606. The van der Waals surface area contributed by atoms with Gasteiger partial charge in [-0.2, -0.15) is 5.26 Å². The topological polar surface area (TPSA) is 80.8 Å². The monoisotopic (exact) mass is 332 g/mol. The van der Waals surface area contributed by atoms with Gasteiger partial charge in [0.25, 0.3) is 5.70 Å². The van der Waals surface area contributed by atoms with E-state index in [1.165, 1.54) is 36.9 Å². The molecule has 22 heavy (non-hydrogen) atoms.